The Morgan fingerprint density at radius 2 is 1.48 bits per heavy atom. The number of benzene rings is 1. The summed E-state index contributed by atoms with van der Waals surface area (Å²) < 4.78 is 0. The van der Waals surface area contributed by atoms with Gasteiger partial charge in [-0.05, 0) is 23.5 Å². The normalized spacial score (nSPS) is 14.2. The molecule has 1 aromatic carbocycles. The first-order valence-electron chi connectivity index (χ1n) is 9.15. The summed E-state index contributed by atoms with van der Waals surface area (Å²) in [6, 6.07) is 6.14. The van der Waals surface area contributed by atoms with Crippen molar-refractivity contribution in [1.82, 2.24) is 10.6 Å². The molecular formula is C21H32N2O4. The lowest BCUT2D eigenvalue weighted by molar-refractivity contribution is -0.138. The largest absolute Gasteiger partial charge is 0.481 e. The van der Waals surface area contributed by atoms with Gasteiger partial charge in [-0.15, -0.1) is 0 Å². The molecule has 0 aliphatic rings. The van der Waals surface area contributed by atoms with Crippen LogP contribution in [-0.2, 0) is 19.8 Å². The second kappa shape index (κ2) is 8.55. The number of rotatable bonds is 6. The fourth-order valence-corrected chi connectivity index (χ4v) is 2.42. The van der Waals surface area contributed by atoms with Gasteiger partial charge in [-0.3, -0.25) is 14.4 Å². The van der Waals surface area contributed by atoms with E-state index in [9.17, 15) is 19.5 Å². The van der Waals surface area contributed by atoms with Gasteiger partial charge in [0.2, 0.25) is 11.8 Å². The molecule has 0 aliphatic carbocycles. The minimum Gasteiger partial charge on any atom is -0.481 e. The van der Waals surface area contributed by atoms with Crippen molar-refractivity contribution in [3.05, 3.63) is 35.4 Å². The number of carbonyl (C=O) groups is 3. The summed E-state index contributed by atoms with van der Waals surface area (Å²) >= 11 is 0. The number of aliphatic carboxylic acids is 1. The number of hydrogen-bond donors (Lipinski definition) is 3. The van der Waals surface area contributed by atoms with Gasteiger partial charge >= 0.3 is 5.97 Å². The molecule has 1 rings (SSSR count). The second-order valence-corrected chi connectivity index (χ2v) is 8.98. The Morgan fingerprint density at radius 1 is 0.963 bits per heavy atom. The smallest absolute Gasteiger partial charge is 0.305 e. The third kappa shape index (κ3) is 7.04. The van der Waals surface area contributed by atoms with Crippen LogP contribution in [0.5, 0.6) is 0 Å². The molecule has 0 bridgehead atoms. The van der Waals surface area contributed by atoms with Gasteiger partial charge in [0.15, 0.2) is 0 Å². The Labute approximate surface area is 161 Å². The third-order valence-corrected chi connectivity index (χ3v) is 4.30. The van der Waals surface area contributed by atoms with E-state index >= 15 is 0 Å². The first kappa shape index (κ1) is 22.7. The number of amides is 2. The van der Waals surface area contributed by atoms with Gasteiger partial charge in [0.05, 0.1) is 12.5 Å². The molecule has 6 nitrogen and oxygen atoms in total. The van der Waals surface area contributed by atoms with E-state index < -0.39 is 29.4 Å². The van der Waals surface area contributed by atoms with Gasteiger partial charge < -0.3 is 15.7 Å². The Hall–Kier alpha value is -2.37. The van der Waals surface area contributed by atoms with Crippen molar-refractivity contribution in [2.24, 2.45) is 5.41 Å². The first-order chi connectivity index (χ1) is 12.2. The number of nitrogens with one attached hydrogen (secondary N) is 2. The fraction of sp³-hybridized carbons (Fsp3) is 0.571. The Balaban J connectivity index is 2.93. The molecule has 0 saturated heterocycles. The van der Waals surface area contributed by atoms with Crippen LogP contribution in [0.25, 0.3) is 0 Å². The van der Waals surface area contributed by atoms with Crippen LogP contribution >= 0.6 is 0 Å². The molecule has 0 aromatic heterocycles. The van der Waals surface area contributed by atoms with Gasteiger partial charge in [0, 0.05) is 5.41 Å². The number of carbonyl (C=O) groups excluding carboxylic acids is 2. The predicted molar refractivity (Wildman–Crippen MR) is 105 cm³/mol. The van der Waals surface area contributed by atoms with Crippen molar-refractivity contribution in [3.63, 3.8) is 0 Å². The zero-order valence-corrected chi connectivity index (χ0v) is 17.3. The molecule has 0 heterocycles. The third-order valence-electron chi connectivity index (χ3n) is 4.30. The van der Waals surface area contributed by atoms with Crippen molar-refractivity contribution in [2.75, 3.05) is 0 Å². The van der Waals surface area contributed by atoms with Crippen LogP contribution in [-0.4, -0.2) is 28.9 Å². The molecule has 3 N–H and O–H groups in total. The standard InChI is InChI=1S/C21H32N2O4/c1-13(22-19(27)21(5,6)7)18(26)23-16(12-17(24)25)14-8-10-15(11-9-14)20(2,3)4/h8-11,13,16H,12H2,1-7H3,(H,22,27)(H,23,26)(H,24,25). The number of carboxylic acid groups (broad SMARTS) is 1. The quantitative estimate of drug-likeness (QED) is 0.710. The highest BCUT2D eigenvalue weighted by molar-refractivity contribution is 5.89. The highest BCUT2D eigenvalue weighted by atomic mass is 16.4. The summed E-state index contributed by atoms with van der Waals surface area (Å²) in [7, 11) is 0. The SMILES string of the molecule is CC(NC(=O)C(C)(C)C)C(=O)NC(CC(=O)O)c1ccc(C(C)(C)C)cc1. The van der Waals surface area contributed by atoms with E-state index in [0.29, 0.717) is 5.56 Å². The van der Waals surface area contributed by atoms with E-state index in [4.69, 9.17) is 0 Å². The maximum Gasteiger partial charge on any atom is 0.305 e. The summed E-state index contributed by atoms with van der Waals surface area (Å²) in [4.78, 5) is 35.8. The molecule has 0 radical (unpaired) electrons. The molecule has 6 heteroatoms. The maximum atomic E-state index is 12.5. The highest BCUT2D eigenvalue weighted by Gasteiger charge is 2.27. The first-order valence-corrected chi connectivity index (χ1v) is 9.15. The van der Waals surface area contributed by atoms with Crippen LogP contribution < -0.4 is 10.6 Å². The lowest BCUT2D eigenvalue weighted by Crippen LogP contribution is -2.49. The van der Waals surface area contributed by atoms with Crippen LogP contribution in [0.1, 0.15) is 72.1 Å². The summed E-state index contributed by atoms with van der Waals surface area (Å²) in [6.07, 6.45) is -0.236. The van der Waals surface area contributed by atoms with Gasteiger partial charge in [0.25, 0.3) is 0 Å². The lowest BCUT2D eigenvalue weighted by atomic mass is 9.86. The molecule has 0 aliphatic heterocycles. The molecule has 0 spiro atoms. The van der Waals surface area contributed by atoms with Crippen LogP contribution in [0.4, 0.5) is 0 Å². The molecule has 1 aromatic rings. The highest BCUT2D eigenvalue weighted by Crippen LogP contribution is 2.25. The summed E-state index contributed by atoms with van der Waals surface area (Å²) in [5.41, 5.74) is 1.21. The molecule has 27 heavy (non-hydrogen) atoms. The van der Waals surface area contributed by atoms with Gasteiger partial charge in [-0.1, -0.05) is 65.8 Å². The maximum absolute atomic E-state index is 12.5. The predicted octanol–water partition coefficient (Wildman–Crippen LogP) is 3.17. The van der Waals surface area contributed by atoms with Crippen molar-refractivity contribution in [3.8, 4) is 0 Å². The van der Waals surface area contributed by atoms with Crippen LogP contribution in [0.2, 0.25) is 0 Å². The average Bonchev–Trinajstić information content (AvgIpc) is 2.52. The number of hydrogen-bond acceptors (Lipinski definition) is 3. The molecule has 150 valence electrons. The summed E-state index contributed by atoms with van der Waals surface area (Å²) in [6.45, 7) is 13.2. The van der Waals surface area contributed by atoms with Crippen molar-refractivity contribution in [2.45, 2.75) is 72.4 Å². The van der Waals surface area contributed by atoms with E-state index in [-0.39, 0.29) is 17.7 Å². The second-order valence-electron chi connectivity index (χ2n) is 8.98. The minimum atomic E-state index is -1.01. The molecule has 0 fully saturated rings. The Kier molecular flexibility index (Phi) is 7.18. The zero-order chi connectivity index (χ0) is 21.0. The van der Waals surface area contributed by atoms with Crippen molar-refractivity contribution in [1.29, 1.82) is 0 Å². The van der Waals surface area contributed by atoms with Crippen LogP contribution in [0.3, 0.4) is 0 Å². The van der Waals surface area contributed by atoms with Crippen molar-refractivity contribution >= 4 is 17.8 Å². The molecule has 2 atom stereocenters. The van der Waals surface area contributed by atoms with Gasteiger partial charge in [-0.2, -0.15) is 0 Å². The minimum absolute atomic E-state index is 0.0180. The zero-order valence-electron chi connectivity index (χ0n) is 17.3. The van der Waals surface area contributed by atoms with Gasteiger partial charge in [-0.25, -0.2) is 0 Å². The number of carboxylic acids is 1. The summed E-state index contributed by atoms with van der Waals surface area (Å²) in [5, 5.41) is 14.6. The molecule has 2 unspecified atom stereocenters. The van der Waals surface area contributed by atoms with E-state index in [1.807, 2.05) is 24.3 Å². The molecule has 2 amide bonds. The Bertz CT molecular complexity index is 682. The van der Waals surface area contributed by atoms with E-state index in [0.717, 1.165) is 5.56 Å². The van der Waals surface area contributed by atoms with Crippen LogP contribution in [0.15, 0.2) is 24.3 Å². The van der Waals surface area contributed by atoms with Gasteiger partial charge in [0.1, 0.15) is 6.04 Å². The average molecular weight is 376 g/mol. The lowest BCUT2D eigenvalue weighted by Gasteiger charge is -2.25. The van der Waals surface area contributed by atoms with Crippen molar-refractivity contribution < 1.29 is 19.5 Å². The molecular weight excluding hydrogens is 344 g/mol. The van der Waals surface area contributed by atoms with E-state index in [2.05, 4.69) is 31.4 Å². The van der Waals surface area contributed by atoms with Crippen LogP contribution in [0, 0.1) is 5.41 Å². The summed E-state index contributed by atoms with van der Waals surface area (Å²) in [5.74, 6) is -1.67. The van der Waals surface area contributed by atoms with E-state index in [1.165, 1.54) is 0 Å². The Morgan fingerprint density at radius 3 is 1.89 bits per heavy atom. The topological polar surface area (TPSA) is 95.5 Å². The fourth-order valence-electron chi connectivity index (χ4n) is 2.42. The monoisotopic (exact) mass is 376 g/mol. The van der Waals surface area contributed by atoms with E-state index in [1.54, 1.807) is 27.7 Å². The molecule has 0 saturated carbocycles.